The minimum atomic E-state index is -4.44. The van der Waals surface area contributed by atoms with E-state index in [1.165, 1.54) is 24.3 Å². The number of ketones is 1. The van der Waals surface area contributed by atoms with Gasteiger partial charge < -0.3 is 0 Å². The van der Waals surface area contributed by atoms with Crippen molar-refractivity contribution in [2.75, 3.05) is 0 Å². The van der Waals surface area contributed by atoms with E-state index >= 15 is 0 Å². The molecule has 0 fully saturated rings. The van der Waals surface area contributed by atoms with E-state index in [1.807, 2.05) is 6.92 Å². The summed E-state index contributed by atoms with van der Waals surface area (Å²) in [6.45, 7) is 1.81. The maximum atomic E-state index is 13.2. The van der Waals surface area contributed by atoms with Crippen molar-refractivity contribution >= 4 is 5.78 Å². The van der Waals surface area contributed by atoms with Crippen LogP contribution in [0.2, 0.25) is 0 Å². The molecule has 0 spiro atoms. The van der Waals surface area contributed by atoms with Crippen molar-refractivity contribution in [1.29, 1.82) is 0 Å². The van der Waals surface area contributed by atoms with Crippen LogP contribution in [0.1, 0.15) is 33.8 Å². The minimum Gasteiger partial charge on any atom is -0.294 e. The summed E-state index contributed by atoms with van der Waals surface area (Å²) in [5.41, 5.74) is 1.31. The van der Waals surface area contributed by atoms with E-state index in [0.29, 0.717) is 5.56 Å². The molecule has 0 aliphatic heterocycles. The van der Waals surface area contributed by atoms with E-state index in [1.54, 1.807) is 30.3 Å². The first-order chi connectivity index (χ1) is 9.88. The third kappa shape index (κ3) is 3.94. The predicted octanol–water partition coefficient (Wildman–Crippen LogP) is 4.91. The lowest BCUT2D eigenvalue weighted by atomic mass is 9.90. The van der Waals surface area contributed by atoms with Gasteiger partial charge in [0.2, 0.25) is 0 Å². The van der Waals surface area contributed by atoms with Crippen LogP contribution in [0.5, 0.6) is 0 Å². The molecule has 0 aromatic heterocycles. The second kappa shape index (κ2) is 6.12. The molecule has 0 radical (unpaired) electrons. The van der Waals surface area contributed by atoms with E-state index in [2.05, 4.69) is 0 Å². The highest BCUT2D eigenvalue weighted by Crippen LogP contribution is 2.38. The number of carbonyl (C=O) groups is 1. The molecule has 0 heterocycles. The lowest BCUT2D eigenvalue weighted by molar-refractivity contribution is -0.149. The Morgan fingerprint density at radius 2 is 1.57 bits per heavy atom. The van der Waals surface area contributed by atoms with Crippen LogP contribution in [-0.4, -0.2) is 12.0 Å². The highest BCUT2D eigenvalue weighted by Gasteiger charge is 2.41. The van der Waals surface area contributed by atoms with Crippen molar-refractivity contribution < 1.29 is 18.0 Å². The van der Waals surface area contributed by atoms with Gasteiger partial charge >= 0.3 is 6.18 Å². The number of hydrogen-bond donors (Lipinski definition) is 0. The van der Waals surface area contributed by atoms with Crippen LogP contribution in [-0.2, 0) is 0 Å². The van der Waals surface area contributed by atoms with Gasteiger partial charge in [-0.05, 0) is 12.5 Å². The number of Topliss-reactive ketones (excluding diaryl/α,β-unsaturated/α-hetero) is 1. The summed E-state index contributed by atoms with van der Waals surface area (Å²) in [5.74, 6) is -2.27. The van der Waals surface area contributed by atoms with Gasteiger partial charge in [-0.15, -0.1) is 0 Å². The standard InChI is InChI=1S/C17H15F3O/c1-12-7-9-13(10-8-12)15(17(18,19)20)11-16(21)14-5-3-2-4-6-14/h2-10,15H,11H2,1H3/t15-/m1/s1. The molecule has 0 aliphatic carbocycles. The SMILES string of the molecule is Cc1ccc([C@@H](CC(=O)c2ccccc2)C(F)(F)F)cc1. The Kier molecular flexibility index (Phi) is 4.46. The summed E-state index contributed by atoms with van der Waals surface area (Å²) in [6, 6.07) is 14.2. The number of benzene rings is 2. The number of rotatable bonds is 4. The average Bonchev–Trinajstić information content (AvgIpc) is 2.45. The first-order valence-corrected chi connectivity index (χ1v) is 6.59. The first-order valence-electron chi connectivity index (χ1n) is 6.59. The normalized spacial score (nSPS) is 13.0. The largest absolute Gasteiger partial charge is 0.396 e. The van der Waals surface area contributed by atoms with Crippen LogP contribution in [0.3, 0.4) is 0 Å². The van der Waals surface area contributed by atoms with Crippen LogP contribution < -0.4 is 0 Å². The Labute approximate surface area is 121 Å². The Morgan fingerprint density at radius 3 is 2.10 bits per heavy atom. The number of halogens is 3. The van der Waals surface area contributed by atoms with Crippen LogP contribution in [0.4, 0.5) is 13.2 Å². The third-order valence-corrected chi connectivity index (χ3v) is 3.36. The number of hydrogen-bond acceptors (Lipinski definition) is 1. The Morgan fingerprint density at radius 1 is 1.00 bits per heavy atom. The van der Waals surface area contributed by atoms with Crippen LogP contribution in [0, 0.1) is 6.92 Å². The molecular formula is C17H15F3O. The summed E-state index contributed by atoms with van der Waals surface area (Å²) in [5, 5.41) is 0. The molecule has 4 heteroatoms. The molecule has 2 aromatic rings. The van der Waals surface area contributed by atoms with Crippen molar-refractivity contribution in [3.8, 4) is 0 Å². The summed E-state index contributed by atoms with van der Waals surface area (Å²) < 4.78 is 39.7. The van der Waals surface area contributed by atoms with Crippen molar-refractivity contribution in [3.05, 3.63) is 71.3 Å². The van der Waals surface area contributed by atoms with E-state index < -0.39 is 24.3 Å². The van der Waals surface area contributed by atoms with E-state index in [0.717, 1.165) is 5.56 Å². The molecule has 0 unspecified atom stereocenters. The van der Waals surface area contributed by atoms with Gasteiger partial charge in [0.05, 0.1) is 5.92 Å². The number of alkyl halides is 3. The van der Waals surface area contributed by atoms with E-state index in [-0.39, 0.29) is 5.56 Å². The van der Waals surface area contributed by atoms with Gasteiger partial charge in [0.1, 0.15) is 0 Å². The Hall–Kier alpha value is -2.10. The molecular weight excluding hydrogens is 277 g/mol. The number of aryl methyl sites for hydroxylation is 1. The lowest BCUT2D eigenvalue weighted by Gasteiger charge is -2.20. The zero-order valence-corrected chi connectivity index (χ0v) is 11.5. The maximum absolute atomic E-state index is 13.2. The minimum absolute atomic E-state index is 0.123. The van der Waals surface area contributed by atoms with Gasteiger partial charge in [-0.25, -0.2) is 0 Å². The zero-order valence-electron chi connectivity index (χ0n) is 11.5. The molecule has 0 N–H and O–H groups in total. The summed E-state index contributed by atoms with van der Waals surface area (Å²) >= 11 is 0. The molecule has 110 valence electrons. The first kappa shape index (κ1) is 15.3. The average molecular weight is 292 g/mol. The van der Waals surface area contributed by atoms with Crippen LogP contribution >= 0.6 is 0 Å². The fraction of sp³-hybridized carbons (Fsp3) is 0.235. The Balaban J connectivity index is 2.26. The highest BCUT2D eigenvalue weighted by atomic mass is 19.4. The summed E-state index contributed by atoms with van der Waals surface area (Å²) in [4.78, 5) is 12.0. The molecule has 0 aliphatic rings. The Bertz CT molecular complexity index is 600. The van der Waals surface area contributed by atoms with Gasteiger partial charge in [-0.3, -0.25) is 4.79 Å². The van der Waals surface area contributed by atoms with Crippen molar-refractivity contribution in [3.63, 3.8) is 0 Å². The second-order valence-electron chi connectivity index (χ2n) is 5.00. The highest BCUT2D eigenvalue weighted by molar-refractivity contribution is 5.96. The van der Waals surface area contributed by atoms with E-state index in [4.69, 9.17) is 0 Å². The molecule has 0 bridgehead atoms. The molecule has 2 rings (SSSR count). The van der Waals surface area contributed by atoms with Crippen molar-refractivity contribution in [2.24, 2.45) is 0 Å². The lowest BCUT2D eigenvalue weighted by Crippen LogP contribution is -2.23. The molecule has 1 nitrogen and oxygen atoms in total. The molecule has 0 saturated carbocycles. The fourth-order valence-electron chi connectivity index (χ4n) is 2.15. The van der Waals surface area contributed by atoms with E-state index in [9.17, 15) is 18.0 Å². The van der Waals surface area contributed by atoms with Crippen LogP contribution in [0.25, 0.3) is 0 Å². The molecule has 0 amide bonds. The molecule has 21 heavy (non-hydrogen) atoms. The monoisotopic (exact) mass is 292 g/mol. The molecule has 0 saturated heterocycles. The number of carbonyl (C=O) groups excluding carboxylic acids is 1. The zero-order chi connectivity index (χ0) is 15.5. The topological polar surface area (TPSA) is 17.1 Å². The fourth-order valence-corrected chi connectivity index (χ4v) is 2.15. The van der Waals surface area contributed by atoms with Gasteiger partial charge in [-0.1, -0.05) is 60.2 Å². The van der Waals surface area contributed by atoms with Gasteiger partial charge in [0, 0.05) is 12.0 Å². The summed E-state index contributed by atoms with van der Waals surface area (Å²) in [7, 11) is 0. The van der Waals surface area contributed by atoms with Gasteiger partial charge in [0.15, 0.2) is 5.78 Å². The van der Waals surface area contributed by atoms with Crippen molar-refractivity contribution in [1.82, 2.24) is 0 Å². The smallest absolute Gasteiger partial charge is 0.294 e. The maximum Gasteiger partial charge on any atom is 0.396 e. The van der Waals surface area contributed by atoms with Crippen molar-refractivity contribution in [2.45, 2.75) is 25.4 Å². The summed E-state index contributed by atoms with van der Waals surface area (Å²) in [6.07, 6.45) is -5.02. The third-order valence-electron chi connectivity index (χ3n) is 3.36. The molecule has 1 atom stereocenters. The quantitative estimate of drug-likeness (QED) is 0.731. The van der Waals surface area contributed by atoms with Gasteiger partial charge in [-0.2, -0.15) is 13.2 Å². The molecule has 2 aromatic carbocycles. The van der Waals surface area contributed by atoms with Crippen LogP contribution in [0.15, 0.2) is 54.6 Å². The second-order valence-corrected chi connectivity index (χ2v) is 5.00. The van der Waals surface area contributed by atoms with Gasteiger partial charge in [0.25, 0.3) is 0 Å². The predicted molar refractivity (Wildman–Crippen MR) is 75.4 cm³/mol.